The summed E-state index contributed by atoms with van der Waals surface area (Å²) in [6, 6.07) is 0. The molecule has 0 aromatic rings. The Kier molecular flexibility index (Phi) is 1.68. The van der Waals surface area contributed by atoms with E-state index in [0.717, 1.165) is 6.42 Å². The lowest BCUT2D eigenvalue weighted by Crippen LogP contribution is -2.63. The first-order chi connectivity index (χ1) is 6.15. The van der Waals surface area contributed by atoms with Crippen molar-refractivity contribution in [3.63, 3.8) is 0 Å². The molecule has 2 aliphatic rings. The van der Waals surface area contributed by atoms with Crippen LogP contribution >= 0.6 is 0 Å². The molecule has 0 aromatic heterocycles. The van der Waals surface area contributed by atoms with Crippen LogP contribution in [0.1, 0.15) is 12.8 Å². The van der Waals surface area contributed by atoms with Gasteiger partial charge < -0.3 is 14.4 Å². The maximum absolute atomic E-state index is 11.0. The smallest absolute Gasteiger partial charge is 0.409 e. The van der Waals surface area contributed by atoms with Crippen molar-refractivity contribution in [3.8, 4) is 0 Å². The summed E-state index contributed by atoms with van der Waals surface area (Å²) in [5.41, 5.74) is -0.384. The average molecular weight is 185 g/mol. The lowest BCUT2D eigenvalue weighted by Gasteiger charge is -2.44. The quantitative estimate of drug-likeness (QED) is 0.504. The molecule has 0 saturated carbocycles. The number of hydrogen-bond acceptors (Lipinski definition) is 4. The van der Waals surface area contributed by atoms with Gasteiger partial charge in [-0.2, -0.15) is 0 Å². The molecule has 2 saturated heterocycles. The number of carbonyl (C=O) groups excluding carboxylic acids is 2. The van der Waals surface area contributed by atoms with E-state index >= 15 is 0 Å². The van der Waals surface area contributed by atoms with E-state index in [2.05, 4.69) is 4.74 Å². The molecular weight excluding hydrogens is 174 g/mol. The van der Waals surface area contributed by atoms with Crippen molar-refractivity contribution in [3.05, 3.63) is 0 Å². The zero-order chi connectivity index (χ0) is 9.47. The Morgan fingerprint density at radius 1 is 1.62 bits per heavy atom. The minimum atomic E-state index is -0.384. The summed E-state index contributed by atoms with van der Waals surface area (Å²) >= 11 is 0. The number of carbonyl (C=O) groups is 2. The summed E-state index contributed by atoms with van der Waals surface area (Å²) < 4.78 is 9.65. The van der Waals surface area contributed by atoms with E-state index < -0.39 is 0 Å². The number of esters is 1. The Morgan fingerprint density at radius 2 is 2.31 bits per heavy atom. The van der Waals surface area contributed by atoms with Gasteiger partial charge in [0.25, 0.3) is 0 Å². The molecule has 1 amide bonds. The average Bonchev–Trinajstić information content (AvgIpc) is 2.43. The van der Waals surface area contributed by atoms with Gasteiger partial charge in [-0.1, -0.05) is 0 Å². The van der Waals surface area contributed by atoms with E-state index in [4.69, 9.17) is 4.74 Å². The normalized spacial score (nSPS) is 24.1. The van der Waals surface area contributed by atoms with E-state index in [-0.39, 0.29) is 17.7 Å². The molecule has 5 nitrogen and oxygen atoms in total. The molecule has 0 aromatic carbocycles. The van der Waals surface area contributed by atoms with Gasteiger partial charge in [-0.3, -0.25) is 4.79 Å². The Hall–Kier alpha value is -1.26. The second-order valence-corrected chi connectivity index (χ2v) is 3.48. The highest BCUT2D eigenvalue weighted by Gasteiger charge is 2.52. The van der Waals surface area contributed by atoms with Crippen LogP contribution in [0.3, 0.4) is 0 Å². The Balaban J connectivity index is 1.90. The third-order valence-corrected chi connectivity index (χ3v) is 2.51. The lowest BCUT2D eigenvalue weighted by atomic mass is 9.91. The molecule has 2 fully saturated rings. The summed E-state index contributed by atoms with van der Waals surface area (Å²) in [6.45, 7) is 0.955. The summed E-state index contributed by atoms with van der Waals surface area (Å²) in [6.07, 6.45) is 0.836. The first-order valence-corrected chi connectivity index (χ1v) is 4.20. The van der Waals surface area contributed by atoms with Gasteiger partial charge in [0.2, 0.25) is 0 Å². The molecule has 0 aliphatic carbocycles. The van der Waals surface area contributed by atoms with E-state index in [1.54, 1.807) is 0 Å². The fourth-order valence-corrected chi connectivity index (χ4v) is 1.80. The fraction of sp³-hybridized carbons (Fsp3) is 0.750. The van der Waals surface area contributed by atoms with Crippen LogP contribution in [0.15, 0.2) is 0 Å². The zero-order valence-corrected chi connectivity index (χ0v) is 7.41. The zero-order valence-electron chi connectivity index (χ0n) is 7.41. The van der Waals surface area contributed by atoms with E-state index in [0.29, 0.717) is 19.5 Å². The predicted molar refractivity (Wildman–Crippen MR) is 42.0 cm³/mol. The second-order valence-electron chi connectivity index (χ2n) is 3.48. The van der Waals surface area contributed by atoms with Gasteiger partial charge in [-0.25, -0.2) is 4.79 Å². The number of rotatable bonds is 0. The Morgan fingerprint density at radius 3 is 2.77 bits per heavy atom. The maximum Gasteiger partial charge on any atom is 0.409 e. The topological polar surface area (TPSA) is 55.8 Å². The van der Waals surface area contributed by atoms with Crippen LogP contribution in [0.4, 0.5) is 4.79 Å². The first kappa shape index (κ1) is 8.34. The molecular formula is C8H11NO4. The number of amides is 1. The second kappa shape index (κ2) is 2.61. The lowest BCUT2D eigenvalue weighted by molar-refractivity contribution is -0.160. The van der Waals surface area contributed by atoms with E-state index in [9.17, 15) is 9.59 Å². The maximum atomic E-state index is 11.0. The van der Waals surface area contributed by atoms with Crippen LogP contribution in [-0.4, -0.2) is 42.8 Å². The Bertz CT molecular complexity index is 257. The van der Waals surface area contributed by atoms with Gasteiger partial charge in [0.15, 0.2) is 0 Å². The van der Waals surface area contributed by atoms with Crippen LogP contribution in [0.5, 0.6) is 0 Å². The number of ether oxygens (including phenoxy) is 2. The Labute approximate surface area is 75.6 Å². The molecule has 5 heteroatoms. The summed E-state index contributed by atoms with van der Waals surface area (Å²) in [7, 11) is 1.34. The van der Waals surface area contributed by atoms with Crippen molar-refractivity contribution in [1.29, 1.82) is 0 Å². The molecule has 72 valence electrons. The molecule has 0 N–H and O–H groups in total. The molecule has 13 heavy (non-hydrogen) atoms. The van der Waals surface area contributed by atoms with Gasteiger partial charge in [0.05, 0.1) is 20.2 Å². The van der Waals surface area contributed by atoms with Crippen molar-refractivity contribution in [2.75, 3.05) is 20.2 Å². The SMILES string of the molecule is COC(=O)N1CC2(CCC(=O)O2)C1. The molecule has 0 radical (unpaired) electrons. The number of methoxy groups -OCH3 is 1. The number of likely N-dealkylation sites (tertiary alicyclic amines) is 1. The van der Waals surface area contributed by atoms with Crippen LogP contribution in [0.25, 0.3) is 0 Å². The minimum Gasteiger partial charge on any atom is -0.455 e. The highest BCUT2D eigenvalue weighted by molar-refractivity contribution is 5.74. The highest BCUT2D eigenvalue weighted by Crippen LogP contribution is 2.35. The molecule has 1 spiro atoms. The van der Waals surface area contributed by atoms with Crippen LogP contribution in [-0.2, 0) is 14.3 Å². The van der Waals surface area contributed by atoms with Gasteiger partial charge in [-0.15, -0.1) is 0 Å². The monoisotopic (exact) mass is 185 g/mol. The minimum absolute atomic E-state index is 0.162. The van der Waals surface area contributed by atoms with Gasteiger partial charge in [0.1, 0.15) is 5.60 Å². The van der Waals surface area contributed by atoms with Gasteiger partial charge in [-0.05, 0) is 0 Å². The van der Waals surface area contributed by atoms with Crippen LogP contribution in [0, 0.1) is 0 Å². The number of hydrogen-bond donors (Lipinski definition) is 0. The van der Waals surface area contributed by atoms with Crippen molar-refractivity contribution in [1.82, 2.24) is 4.90 Å². The molecule has 2 rings (SSSR count). The predicted octanol–water partition coefficient (Wildman–Crippen LogP) is 0.144. The standard InChI is InChI=1S/C8H11NO4/c1-12-7(11)9-4-8(5-9)3-2-6(10)13-8/h2-5H2,1H3. The van der Waals surface area contributed by atoms with E-state index in [1.165, 1.54) is 12.0 Å². The van der Waals surface area contributed by atoms with Crippen LogP contribution < -0.4 is 0 Å². The van der Waals surface area contributed by atoms with Gasteiger partial charge >= 0.3 is 12.1 Å². The van der Waals surface area contributed by atoms with E-state index in [1.807, 2.05) is 0 Å². The van der Waals surface area contributed by atoms with Crippen molar-refractivity contribution in [2.24, 2.45) is 0 Å². The molecule has 0 unspecified atom stereocenters. The molecule has 2 aliphatic heterocycles. The third-order valence-electron chi connectivity index (χ3n) is 2.51. The molecule has 0 bridgehead atoms. The molecule has 0 atom stereocenters. The summed E-state index contributed by atoms with van der Waals surface area (Å²) in [5.74, 6) is -0.162. The van der Waals surface area contributed by atoms with Gasteiger partial charge in [0, 0.05) is 12.8 Å². The number of nitrogens with zero attached hydrogens (tertiary/aromatic N) is 1. The third kappa shape index (κ3) is 1.24. The summed E-state index contributed by atoms with van der Waals surface area (Å²) in [4.78, 5) is 23.3. The highest BCUT2D eigenvalue weighted by atomic mass is 16.6. The van der Waals surface area contributed by atoms with Crippen LogP contribution in [0.2, 0.25) is 0 Å². The van der Waals surface area contributed by atoms with Crippen molar-refractivity contribution >= 4 is 12.1 Å². The van der Waals surface area contributed by atoms with Crippen molar-refractivity contribution in [2.45, 2.75) is 18.4 Å². The molecule has 2 heterocycles. The first-order valence-electron chi connectivity index (χ1n) is 4.20. The summed E-state index contributed by atoms with van der Waals surface area (Å²) in [5, 5.41) is 0. The fourth-order valence-electron chi connectivity index (χ4n) is 1.80. The largest absolute Gasteiger partial charge is 0.455 e. The van der Waals surface area contributed by atoms with Crippen molar-refractivity contribution < 1.29 is 19.1 Å².